The Morgan fingerprint density at radius 3 is 2.71 bits per heavy atom. The van der Waals surface area contributed by atoms with E-state index in [4.69, 9.17) is 5.73 Å². The van der Waals surface area contributed by atoms with Crippen LogP contribution in [0.2, 0.25) is 0 Å². The van der Waals surface area contributed by atoms with Crippen LogP contribution in [0.25, 0.3) is 0 Å². The third-order valence-corrected chi connectivity index (χ3v) is 1.93. The molecule has 0 bridgehead atoms. The number of aliphatic imine (C=N–C) groups is 1. The molecule has 0 aromatic heterocycles. The zero-order valence-corrected chi connectivity index (χ0v) is 7.97. The second-order valence-corrected chi connectivity index (χ2v) is 2.79. The summed E-state index contributed by atoms with van der Waals surface area (Å²) in [5.74, 6) is -1.86. The number of benzene rings is 1. The van der Waals surface area contributed by atoms with Gasteiger partial charge in [-0.1, -0.05) is 24.4 Å². The number of nitrogens with zero attached hydrogens (tertiary/aromatic N) is 1. The van der Waals surface area contributed by atoms with Crippen LogP contribution in [0.5, 0.6) is 0 Å². The van der Waals surface area contributed by atoms with Crippen LogP contribution in [-0.2, 0) is 0 Å². The molecule has 2 nitrogen and oxygen atoms in total. The molecule has 0 amide bonds. The maximum absolute atomic E-state index is 13.2. The second-order valence-electron chi connectivity index (χ2n) is 2.52. The van der Waals surface area contributed by atoms with Crippen molar-refractivity contribution in [2.75, 3.05) is 0 Å². The molecule has 1 rings (SSSR count). The van der Waals surface area contributed by atoms with Gasteiger partial charge in [0, 0.05) is 10.9 Å². The Bertz CT molecular complexity index is 366. The Morgan fingerprint density at radius 2 is 2.14 bits per heavy atom. The van der Waals surface area contributed by atoms with Gasteiger partial charge in [-0.25, -0.2) is 8.78 Å². The van der Waals surface area contributed by atoms with Crippen molar-refractivity contribution in [1.82, 2.24) is 0 Å². The molecule has 1 aromatic carbocycles. The maximum atomic E-state index is 13.2. The van der Waals surface area contributed by atoms with Crippen LogP contribution in [0.4, 0.5) is 8.78 Å². The zero-order chi connectivity index (χ0) is 10.6. The number of halogens is 2. The molecule has 1 unspecified atom stereocenters. The highest BCUT2D eigenvalue weighted by Crippen LogP contribution is 2.20. The molecule has 5 heteroatoms. The van der Waals surface area contributed by atoms with Crippen LogP contribution in [0.1, 0.15) is 11.6 Å². The minimum Gasteiger partial charge on any atom is -0.390 e. The second kappa shape index (κ2) is 4.76. The van der Waals surface area contributed by atoms with Crippen molar-refractivity contribution in [2.45, 2.75) is 6.04 Å². The van der Waals surface area contributed by atoms with Crippen LogP contribution < -0.4 is 5.73 Å². The van der Waals surface area contributed by atoms with Gasteiger partial charge < -0.3 is 5.73 Å². The zero-order valence-electron chi connectivity index (χ0n) is 7.15. The molecule has 0 saturated heterocycles. The summed E-state index contributed by atoms with van der Waals surface area (Å²) in [6.07, 6.45) is 1.01. The first kappa shape index (κ1) is 10.7. The van der Waals surface area contributed by atoms with Crippen LogP contribution >= 0.6 is 12.2 Å². The monoisotopic (exact) mass is 214 g/mol. The fourth-order valence-electron chi connectivity index (χ4n) is 1.03. The van der Waals surface area contributed by atoms with Gasteiger partial charge in [0.2, 0.25) is 0 Å². The highest BCUT2D eigenvalue weighted by molar-refractivity contribution is 7.79. The molecule has 1 aromatic rings. The van der Waals surface area contributed by atoms with E-state index in [1.165, 1.54) is 17.5 Å². The topological polar surface area (TPSA) is 38.4 Å². The highest BCUT2D eigenvalue weighted by atomic mass is 32.1. The van der Waals surface area contributed by atoms with Crippen molar-refractivity contribution in [2.24, 2.45) is 10.7 Å². The van der Waals surface area contributed by atoms with Crippen LogP contribution in [0, 0.1) is 11.6 Å². The summed E-state index contributed by atoms with van der Waals surface area (Å²) in [5, 5.41) is 1.22. The quantitative estimate of drug-likeness (QED) is 0.474. The molecule has 0 radical (unpaired) electrons. The summed E-state index contributed by atoms with van der Waals surface area (Å²) in [6, 6.07) is 3.13. The number of hydrogen-bond donors (Lipinski definition) is 1. The normalized spacial score (nSPS) is 13.0. The van der Waals surface area contributed by atoms with Gasteiger partial charge in [-0.15, -0.1) is 0 Å². The first-order valence-corrected chi connectivity index (χ1v) is 4.30. The molecular weight excluding hydrogens is 206 g/mol. The SMILES string of the molecule is NC=NC(C=S)c1cccc(F)c1F. The predicted octanol–water partition coefficient (Wildman–Crippen LogP) is 1.99. The van der Waals surface area contributed by atoms with E-state index in [0.29, 0.717) is 0 Å². The Kier molecular flexibility index (Phi) is 3.64. The average molecular weight is 214 g/mol. The number of rotatable bonds is 3. The van der Waals surface area contributed by atoms with E-state index < -0.39 is 17.7 Å². The maximum Gasteiger partial charge on any atom is 0.164 e. The van der Waals surface area contributed by atoms with Crippen LogP contribution in [0.15, 0.2) is 23.2 Å². The standard InChI is InChI=1S/C9H8F2N2S/c10-7-3-1-2-6(9(7)11)8(4-14)13-5-12/h1-5,8H,(H2,12,13). The lowest BCUT2D eigenvalue weighted by atomic mass is 10.1. The largest absolute Gasteiger partial charge is 0.390 e. The van der Waals surface area contributed by atoms with Crippen molar-refractivity contribution < 1.29 is 8.78 Å². The molecule has 0 aliphatic carbocycles. The van der Waals surface area contributed by atoms with Gasteiger partial charge in [-0.3, -0.25) is 4.99 Å². The number of nitrogens with two attached hydrogens (primary N) is 1. The first-order valence-electron chi connectivity index (χ1n) is 3.83. The first-order chi connectivity index (χ1) is 6.70. The number of thiocarbonyl (C=S) groups is 1. The van der Waals surface area contributed by atoms with E-state index in [-0.39, 0.29) is 5.56 Å². The van der Waals surface area contributed by atoms with E-state index in [1.807, 2.05) is 0 Å². The molecule has 1 atom stereocenters. The minimum absolute atomic E-state index is 0.0849. The third-order valence-electron chi connectivity index (χ3n) is 1.68. The van der Waals surface area contributed by atoms with Gasteiger partial charge in [-0.2, -0.15) is 0 Å². The van der Waals surface area contributed by atoms with Gasteiger partial charge in [0.1, 0.15) is 6.04 Å². The minimum atomic E-state index is -0.941. The molecule has 0 fully saturated rings. The predicted molar refractivity (Wildman–Crippen MR) is 55.4 cm³/mol. The van der Waals surface area contributed by atoms with Gasteiger partial charge in [0.05, 0.1) is 6.34 Å². The highest BCUT2D eigenvalue weighted by Gasteiger charge is 2.14. The summed E-state index contributed by atoms with van der Waals surface area (Å²) in [4.78, 5) is 3.70. The van der Waals surface area contributed by atoms with Gasteiger partial charge in [-0.05, 0) is 6.07 Å². The molecular formula is C9H8F2N2S. The molecule has 74 valence electrons. The average Bonchev–Trinajstić information content (AvgIpc) is 2.19. The summed E-state index contributed by atoms with van der Waals surface area (Å²) in [6.45, 7) is 0. The molecule has 0 spiro atoms. The van der Waals surface area contributed by atoms with Crippen molar-refractivity contribution >= 4 is 23.9 Å². The summed E-state index contributed by atoms with van der Waals surface area (Å²) >= 11 is 4.64. The molecule has 0 aliphatic heterocycles. The lowest BCUT2D eigenvalue weighted by Gasteiger charge is -2.07. The Morgan fingerprint density at radius 1 is 1.43 bits per heavy atom. The van der Waals surface area contributed by atoms with Crippen molar-refractivity contribution in [3.05, 3.63) is 35.4 Å². The molecule has 0 saturated carbocycles. The lowest BCUT2D eigenvalue weighted by molar-refractivity contribution is 0.498. The summed E-state index contributed by atoms with van der Waals surface area (Å²) < 4.78 is 26.0. The van der Waals surface area contributed by atoms with Gasteiger partial charge in [0.15, 0.2) is 11.6 Å². The molecule has 2 N–H and O–H groups in total. The Hall–Kier alpha value is -1.36. The smallest absolute Gasteiger partial charge is 0.164 e. The molecule has 0 heterocycles. The fraction of sp³-hybridized carbons (Fsp3) is 0.111. The summed E-state index contributed by atoms with van der Waals surface area (Å²) in [5.41, 5.74) is 5.14. The van der Waals surface area contributed by atoms with E-state index in [2.05, 4.69) is 17.2 Å². The van der Waals surface area contributed by atoms with Crippen LogP contribution in [0.3, 0.4) is 0 Å². The third kappa shape index (κ3) is 2.11. The van der Waals surface area contributed by atoms with E-state index in [9.17, 15) is 8.78 Å². The van der Waals surface area contributed by atoms with Crippen molar-refractivity contribution in [3.8, 4) is 0 Å². The Balaban J connectivity index is 3.16. The molecule has 0 aliphatic rings. The molecule has 14 heavy (non-hydrogen) atoms. The van der Waals surface area contributed by atoms with Gasteiger partial charge >= 0.3 is 0 Å². The van der Waals surface area contributed by atoms with E-state index in [1.54, 1.807) is 0 Å². The summed E-state index contributed by atoms with van der Waals surface area (Å²) in [7, 11) is 0. The lowest BCUT2D eigenvalue weighted by Crippen LogP contribution is -2.03. The van der Waals surface area contributed by atoms with Gasteiger partial charge in [0.25, 0.3) is 0 Å². The fourth-order valence-corrected chi connectivity index (χ4v) is 1.25. The number of hydrogen-bond acceptors (Lipinski definition) is 2. The Labute approximate surface area is 85.5 Å². The van der Waals surface area contributed by atoms with Crippen molar-refractivity contribution in [1.29, 1.82) is 0 Å². The van der Waals surface area contributed by atoms with E-state index in [0.717, 1.165) is 12.4 Å². The van der Waals surface area contributed by atoms with Crippen molar-refractivity contribution in [3.63, 3.8) is 0 Å². The van der Waals surface area contributed by atoms with Crippen LogP contribution in [-0.4, -0.2) is 11.7 Å². The van der Waals surface area contributed by atoms with E-state index >= 15 is 0 Å².